The first kappa shape index (κ1) is 18.9. The summed E-state index contributed by atoms with van der Waals surface area (Å²) in [6, 6.07) is 18.4. The number of hydrogen-bond acceptors (Lipinski definition) is 5. The molecular formula is C22H21N3O4. The lowest BCUT2D eigenvalue weighted by molar-refractivity contribution is -0.124. The Morgan fingerprint density at radius 3 is 2.72 bits per heavy atom. The molecule has 1 aromatic heterocycles. The van der Waals surface area contributed by atoms with E-state index in [-0.39, 0.29) is 23.6 Å². The molecule has 1 aliphatic rings. The van der Waals surface area contributed by atoms with Crippen LogP contribution in [0.5, 0.6) is 0 Å². The molecule has 1 aliphatic heterocycles. The summed E-state index contributed by atoms with van der Waals surface area (Å²) in [4.78, 5) is 24.6. The lowest BCUT2D eigenvalue weighted by Crippen LogP contribution is -2.27. The number of rotatable bonds is 6. The molecule has 0 saturated carbocycles. The van der Waals surface area contributed by atoms with E-state index < -0.39 is 0 Å². The van der Waals surface area contributed by atoms with Crippen LogP contribution in [0.4, 0.5) is 5.69 Å². The number of benzene rings is 2. The highest BCUT2D eigenvalue weighted by molar-refractivity contribution is 5.94. The van der Waals surface area contributed by atoms with Gasteiger partial charge in [0, 0.05) is 30.5 Å². The van der Waals surface area contributed by atoms with Crippen LogP contribution < -0.4 is 10.6 Å². The molecule has 1 saturated heterocycles. The molecular weight excluding hydrogens is 370 g/mol. The van der Waals surface area contributed by atoms with Gasteiger partial charge < -0.3 is 19.9 Å². The second-order valence-electron chi connectivity index (χ2n) is 6.82. The number of ether oxygens (including phenoxy) is 1. The zero-order valence-electron chi connectivity index (χ0n) is 15.8. The van der Waals surface area contributed by atoms with Gasteiger partial charge in [0.15, 0.2) is 11.5 Å². The van der Waals surface area contributed by atoms with Crippen LogP contribution in [0.2, 0.25) is 0 Å². The first-order valence-corrected chi connectivity index (χ1v) is 9.51. The molecule has 3 aromatic rings. The molecule has 0 aliphatic carbocycles. The highest BCUT2D eigenvalue weighted by atomic mass is 16.5. The van der Waals surface area contributed by atoms with Gasteiger partial charge in [-0.25, -0.2) is 0 Å². The average Bonchev–Trinajstić information content (AvgIpc) is 3.45. The van der Waals surface area contributed by atoms with Crippen LogP contribution in [0, 0.1) is 0 Å². The Kier molecular flexibility index (Phi) is 5.67. The molecule has 1 fully saturated rings. The molecule has 7 heteroatoms. The van der Waals surface area contributed by atoms with E-state index >= 15 is 0 Å². The number of anilines is 1. The van der Waals surface area contributed by atoms with Gasteiger partial charge in [0.05, 0.1) is 0 Å². The van der Waals surface area contributed by atoms with Gasteiger partial charge in [-0.1, -0.05) is 47.6 Å². The monoisotopic (exact) mass is 391 g/mol. The van der Waals surface area contributed by atoms with Gasteiger partial charge in [-0.2, -0.15) is 0 Å². The quantitative estimate of drug-likeness (QED) is 0.672. The average molecular weight is 391 g/mol. The molecule has 2 N–H and O–H groups in total. The first-order chi connectivity index (χ1) is 14.2. The van der Waals surface area contributed by atoms with Gasteiger partial charge in [-0.15, -0.1) is 0 Å². The fourth-order valence-corrected chi connectivity index (χ4v) is 3.16. The number of carbonyl (C=O) groups is 2. The van der Waals surface area contributed by atoms with Gasteiger partial charge in [-0.05, 0) is 30.5 Å². The summed E-state index contributed by atoms with van der Waals surface area (Å²) in [6.45, 7) is 0.925. The lowest BCUT2D eigenvalue weighted by atomic mass is 10.1. The molecule has 4 rings (SSSR count). The van der Waals surface area contributed by atoms with Crippen LogP contribution in [0.25, 0.3) is 11.3 Å². The van der Waals surface area contributed by atoms with Gasteiger partial charge in [-0.3, -0.25) is 9.59 Å². The second kappa shape index (κ2) is 8.70. The maximum Gasteiger partial charge on any atom is 0.273 e. The van der Waals surface area contributed by atoms with Crippen molar-refractivity contribution in [2.75, 3.05) is 11.9 Å². The molecule has 0 spiro atoms. The molecule has 2 aromatic carbocycles. The summed E-state index contributed by atoms with van der Waals surface area (Å²) in [5.74, 6) is 0.0686. The summed E-state index contributed by atoms with van der Waals surface area (Å²) < 4.78 is 10.7. The van der Waals surface area contributed by atoms with E-state index in [2.05, 4.69) is 15.8 Å². The van der Waals surface area contributed by atoms with Crippen LogP contribution in [0.1, 0.15) is 28.9 Å². The molecule has 1 unspecified atom stereocenters. The Morgan fingerprint density at radius 2 is 1.93 bits per heavy atom. The zero-order chi connectivity index (χ0) is 20.1. The minimum absolute atomic E-state index is 0.139. The lowest BCUT2D eigenvalue weighted by Gasteiger charge is -2.11. The maximum absolute atomic E-state index is 12.4. The number of nitrogens with zero attached hydrogens (tertiary/aromatic N) is 1. The summed E-state index contributed by atoms with van der Waals surface area (Å²) in [5, 5.41) is 9.53. The van der Waals surface area contributed by atoms with Gasteiger partial charge in [0.2, 0.25) is 0 Å². The summed E-state index contributed by atoms with van der Waals surface area (Å²) in [6.07, 6.45) is 1.26. The molecule has 148 valence electrons. The number of amides is 2. The van der Waals surface area contributed by atoms with E-state index in [4.69, 9.17) is 9.26 Å². The van der Waals surface area contributed by atoms with Gasteiger partial charge in [0.1, 0.15) is 6.10 Å². The van der Waals surface area contributed by atoms with Crippen LogP contribution in [0.3, 0.4) is 0 Å². The minimum Gasteiger partial charge on any atom is -0.368 e. The van der Waals surface area contributed by atoms with Crippen molar-refractivity contribution >= 4 is 17.5 Å². The SMILES string of the molecule is O=C(NCc1cccc(NC(=O)C2CCCO2)c1)c1cc(-c2ccccc2)on1. The Hall–Kier alpha value is -3.45. The maximum atomic E-state index is 12.4. The van der Waals surface area contributed by atoms with Crippen molar-refractivity contribution in [3.8, 4) is 11.3 Å². The van der Waals surface area contributed by atoms with E-state index in [1.807, 2.05) is 54.6 Å². The standard InChI is InChI=1S/C22H21N3O4/c26-21(18-13-20(29-25-18)16-7-2-1-3-8-16)23-14-15-6-4-9-17(12-15)24-22(27)19-10-5-11-28-19/h1-4,6-9,12-13,19H,5,10-11,14H2,(H,23,26)(H,24,27). The van der Waals surface area contributed by atoms with Crippen molar-refractivity contribution in [2.45, 2.75) is 25.5 Å². The molecule has 2 amide bonds. The predicted octanol–water partition coefficient (Wildman–Crippen LogP) is 3.39. The number of nitrogens with one attached hydrogen (secondary N) is 2. The van der Waals surface area contributed by atoms with Gasteiger partial charge >= 0.3 is 0 Å². The van der Waals surface area contributed by atoms with Gasteiger partial charge in [0.25, 0.3) is 11.8 Å². The normalized spacial score (nSPS) is 15.8. The van der Waals surface area contributed by atoms with Crippen LogP contribution in [0.15, 0.2) is 65.2 Å². The van der Waals surface area contributed by atoms with Crippen LogP contribution >= 0.6 is 0 Å². The van der Waals surface area contributed by atoms with E-state index in [0.717, 1.165) is 24.0 Å². The van der Waals surface area contributed by atoms with Crippen molar-refractivity contribution in [2.24, 2.45) is 0 Å². The number of carbonyl (C=O) groups excluding carboxylic acids is 2. The third-order valence-electron chi connectivity index (χ3n) is 4.67. The van der Waals surface area contributed by atoms with E-state index in [0.29, 0.717) is 24.6 Å². The highest BCUT2D eigenvalue weighted by Crippen LogP contribution is 2.20. The molecule has 1 atom stereocenters. The fourth-order valence-electron chi connectivity index (χ4n) is 3.16. The Bertz CT molecular complexity index is 994. The van der Waals surface area contributed by atoms with E-state index in [1.54, 1.807) is 6.07 Å². The Labute approximate surface area is 168 Å². The third kappa shape index (κ3) is 4.70. The summed E-state index contributed by atoms with van der Waals surface area (Å²) in [7, 11) is 0. The summed E-state index contributed by atoms with van der Waals surface area (Å²) >= 11 is 0. The van der Waals surface area contributed by atoms with Crippen molar-refractivity contribution in [1.82, 2.24) is 10.5 Å². The van der Waals surface area contributed by atoms with Crippen molar-refractivity contribution in [3.63, 3.8) is 0 Å². The first-order valence-electron chi connectivity index (χ1n) is 9.51. The smallest absolute Gasteiger partial charge is 0.273 e. The highest BCUT2D eigenvalue weighted by Gasteiger charge is 2.23. The number of aromatic nitrogens is 1. The third-order valence-corrected chi connectivity index (χ3v) is 4.67. The van der Waals surface area contributed by atoms with Crippen LogP contribution in [-0.2, 0) is 16.1 Å². The van der Waals surface area contributed by atoms with Crippen molar-refractivity contribution < 1.29 is 18.8 Å². The Morgan fingerprint density at radius 1 is 1.07 bits per heavy atom. The van der Waals surface area contributed by atoms with Crippen molar-refractivity contribution in [1.29, 1.82) is 0 Å². The zero-order valence-corrected chi connectivity index (χ0v) is 15.8. The molecule has 0 radical (unpaired) electrons. The fraction of sp³-hybridized carbons (Fsp3) is 0.227. The predicted molar refractivity (Wildman–Crippen MR) is 107 cm³/mol. The van der Waals surface area contributed by atoms with Crippen molar-refractivity contribution in [3.05, 3.63) is 71.9 Å². The summed E-state index contributed by atoms with van der Waals surface area (Å²) in [5.41, 5.74) is 2.60. The topological polar surface area (TPSA) is 93.5 Å². The molecule has 2 heterocycles. The molecule has 7 nitrogen and oxygen atoms in total. The van der Waals surface area contributed by atoms with E-state index in [1.165, 1.54) is 0 Å². The van der Waals surface area contributed by atoms with E-state index in [9.17, 15) is 9.59 Å². The molecule has 0 bridgehead atoms. The number of hydrogen-bond donors (Lipinski definition) is 2. The largest absolute Gasteiger partial charge is 0.368 e. The molecule has 29 heavy (non-hydrogen) atoms. The second-order valence-corrected chi connectivity index (χ2v) is 6.82. The van der Waals surface area contributed by atoms with Crippen LogP contribution in [-0.4, -0.2) is 29.7 Å². The Balaban J connectivity index is 1.35. The minimum atomic E-state index is -0.385.